The number of alkyl halides is 1. The highest BCUT2D eigenvalue weighted by atomic mass is 35.5. The molecule has 0 atom stereocenters. The van der Waals surface area contributed by atoms with Gasteiger partial charge < -0.3 is 0 Å². The summed E-state index contributed by atoms with van der Waals surface area (Å²) in [6, 6.07) is 12.8. The molecule has 0 fully saturated rings. The Kier molecular flexibility index (Phi) is 2.97. The van der Waals surface area contributed by atoms with E-state index < -0.39 is 0 Å². The lowest BCUT2D eigenvalue weighted by Crippen LogP contribution is -1.95. The third-order valence-electron chi connectivity index (χ3n) is 2.83. The van der Waals surface area contributed by atoms with Crippen molar-refractivity contribution in [2.45, 2.75) is 25.6 Å². The number of hydrogen-bond donors (Lipinski definition) is 0. The van der Waals surface area contributed by atoms with E-state index in [9.17, 15) is 0 Å². The van der Waals surface area contributed by atoms with Gasteiger partial charge in [-0.25, -0.2) is 0 Å². The molecule has 15 heavy (non-hydrogen) atoms. The third-order valence-corrected chi connectivity index (χ3v) is 3.10. The molecule has 0 amide bonds. The smallest absolute Gasteiger partial charge is 0.0483 e. The van der Waals surface area contributed by atoms with E-state index in [-0.39, 0.29) is 0 Å². The van der Waals surface area contributed by atoms with Crippen LogP contribution < -0.4 is 0 Å². The Morgan fingerprint density at radius 3 is 2.47 bits per heavy atom. The lowest BCUT2D eigenvalue weighted by molar-refractivity contribution is 0.857. The van der Waals surface area contributed by atoms with Crippen molar-refractivity contribution in [3.8, 4) is 0 Å². The Hall–Kier alpha value is -1.01. The van der Waals surface area contributed by atoms with Crippen LogP contribution in [0, 0.1) is 0 Å². The van der Waals surface area contributed by atoms with Crippen molar-refractivity contribution >= 4 is 22.4 Å². The van der Waals surface area contributed by atoms with Crippen molar-refractivity contribution in [1.29, 1.82) is 0 Å². The standard InChI is InChI=1S/C14H15Cl/c1-10(2)12-8-7-11-5-3-4-6-13(11)14(12)9-15/h3-8,10H,9H2,1-2H3. The highest BCUT2D eigenvalue weighted by molar-refractivity contribution is 6.18. The number of fused-ring (bicyclic) bond motifs is 1. The van der Waals surface area contributed by atoms with Gasteiger partial charge in [0.2, 0.25) is 0 Å². The van der Waals surface area contributed by atoms with Crippen molar-refractivity contribution in [3.05, 3.63) is 47.5 Å². The molecule has 2 rings (SSSR count). The van der Waals surface area contributed by atoms with Gasteiger partial charge in [0.1, 0.15) is 0 Å². The predicted molar refractivity (Wildman–Crippen MR) is 67.6 cm³/mol. The van der Waals surface area contributed by atoms with Gasteiger partial charge in [0.05, 0.1) is 0 Å². The lowest BCUT2D eigenvalue weighted by Gasteiger charge is -2.13. The maximum Gasteiger partial charge on any atom is 0.0483 e. The molecule has 0 nitrogen and oxygen atoms in total. The zero-order chi connectivity index (χ0) is 10.8. The van der Waals surface area contributed by atoms with E-state index >= 15 is 0 Å². The van der Waals surface area contributed by atoms with Crippen LogP contribution >= 0.6 is 11.6 Å². The number of hydrogen-bond acceptors (Lipinski definition) is 0. The minimum absolute atomic E-state index is 0.531. The molecule has 0 spiro atoms. The molecule has 1 heteroatoms. The van der Waals surface area contributed by atoms with E-state index in [1.165, 1.54) is 21.9 Å². The van der Waals surface area contributed by atoms with E-state index in [1.54, 1.807) is 0 Å². The molecule has 2 aromatic rings. The van der Waals surface area contributed by atoms with Crippen LogP contribution in [0.4, 0.5) is 0 Å². The largest absolute Gasteiger partial charge is 0.122 e. The van der Waals surface area contributed by atoms with Crippen LogP contribution in [0.25, 0.3) is 10.8 Å². The molecule has 0 saturated heterocycles. The molecule has 2 aromatic carbocycles. The van der Waals surface area contributed by atoms with Crippen molar-refractivity contribution in [2.75, 3.05) is 0 Å². The van der Waals surface area contributed by atoms with Crippen LogP contribution in [0.3, 0.4) is 0 Å². The van der Waals surface area contributed by atoms with Crippen molar-refractivity contribution in [3.63, 3.8) is 0 Å². The first-order chi connectivity index (χ1) is 7.24. The SMILES string of the molecule is CC(C)c1ccc2ccccc2c1CCl. The van der Waals surface area contributed by atoms with E-state index in [1.807, 2.05) is 0 Å². The zero-order valence-electron chi connectivity index (χ0n) is 9.13. The summed E-state index contributed by atoms with van der Waals surface area (Å²) >= 11 is 6.06. The summed E-state index contributed by atoms with van der Waals surface area (Å²) < 4.78 is 0. The molecule has 0 saturated carbocycles. The number of rotatable bonds is 2. The first-order valence-electron chi connectivity index (χ1n) is 5.30. The van der Waals surface area contributed by atoms with Gasteiger partial charge in [-0.1, -0.05) is 50.2 Å². The van der Waals surface area contributed by atoms with Gasteiger partial charge in [0, 0.05) is 5.88 Å². The van der Waals surface area contributed by atoms with Gasteiger partial charge in [-0.2, -0.15) is 0 Å². The van der Waals surface area contributed by atoms with Gasteiger partial charge in [-0.15, -0.1) is 11.6 Å². The Morgan fingerprint density at radius 2 is 1.80 bits per heavy atom. The molecule has 78 valence electrons. The van der Waals surface area contributed by atoms with Crippen LogP contribution in [0.15, 0.2) is 36.4 Å². The normalized spacial score (nSPS) is 11.2. The van der Waals surface area contributed by atoms with E-state index in [0.717, 1.165) is 0 Å². The van der Waals surface area contributed by atoms with Crippen LogP contribution in [0.5, 0.6) is 0 Å². The molecule has 0 radical (unpaired) electrons. The highest BCUT2D eigenvalue weighted by Crippen LogP contribution is 2.28. The van der Waals surface area contributed by atoms with Gasteiger partial charge >= 0.3 is 0 Å². The highest BCUT2D eigenvalue weighted by Gasteiger charge is 2.08. The van der Waals surface area contributed by atoms with Crippen LogP contribution in [0.2, 0.25) is 0 Å². The molecule has 0 aromatic heterocycles. The predicted octanol–water partition coefficient (Wildman–Crippen LogP) is 4.70. The minimum atomic E-state index is 0.531. The second-order valence-electron chi connectivity index (χ2n) is 4.14. The topological polar surface area (TPSA) is 0 Å². The third kappa shape index (κ3) is 1.87. The molecular formula is C14H15Cl. The summed E-state index contributed by atoms with van der Waals surface area (Å²) in [4.78, 5) is 0. The molecule has 0 bridgehead atoms. The minimum Gasteiger partial charge on any atom is -0.122 e. The molecule has 0 N–H and O–H groups in total. The maximum absolute atomic E-state index is 6.06. The summed E-state index contributed by atoms with van der Waals surface area (Å²) in [5.41, 5.74) is 2.65. The Labute approximate surface area is 95.9 Å². The fourth-order valence-corrected chi connectivity index (χ4v) is 2.34. The second kappa shape index (κ2) is 4.24. The first-order valence-corrected chi connectivity index (χ1v) is 5.84. The summed E-state index contributed by atoms with van der Waals surface area (Å²) in [6.07, 6.45) is 0. The van der Waals surface area contributed by atoms with E-state index in [0.29, 0.717) is 11.8 Å². The maximum atomic E-state index is 6.06. The Balaban J connectivity index is 2.75. The number of benzene rings is 2. The first kappa shape index (κ1) is 10.5. The van der Waals surface area contributed by atoms with E-state index in [2.05, 4.69) is 50.2 Å². The van der Waals surface area contributed by atoms with Crippen LogP contribution in [0.1, 0.15) is 30.9 Å². The van der Waals surface area contributed by atoms with Gasteiger partial charge in [-0.05, 0) is 27.8 Å². The van der Waals surface area contributed by atoms with Crippen LogP contribution in [-0.4, -0.2) is 0 Å². The van der Waals surface area contributed by atoms with Crippen molar-refractivity contribution < 1.29 is 0 Å². The Morgan fingerprint density at radius 1 is 1.07 bits per heavy atom. The summed E-state index contributed by atoms with van der Waals surface area (Å²) in [5, 5.41) is 2.57. The molecule has 0 heterocycles. The average Bonchev–Trinajstić information content (AvgIpc) is 2.27. The molecule has 0 aliphatic heterocycles. The van der Waals surface area contributed by atoms with Crippen LogP contribution in [-0.2, 0) is 5.88 Å². The fourth-order valence-electron chi connectivity index (χ4n) is 2.04. The summed E-state index contributed by atoms with van der Waals surface area (Å²) in [5.74, 6) is 1.12. The monoisotopic (exact) mass is 218 g/mol. The average molecular weight is 219 g/mol. The van der Waals surface area contributed by atoms with Gasteiger partial charge in [0.25, 0.3) is 0 Å². The summed E-state index contributed by atoms with van der Waals surface area (Å²) in [6.45, 7) is 4.42. The molecule has 0 unspecified atom stereocenters. The molecular weight excluding hydrogens is 204 g/mol. The van der Waals surface area contributed by atoms with Gasteiger partial charge in [0.15, 0.2) is 0 Å². The zero-order valence-corrected chi connectivity index (χ0v) is 9.88. The fraction of sp³-hybridized carbons (Fsp3) is 0.286. The van der Waals surface area contributed by atoms with E-state index in [4.69, 9.17) is 11.6 Å². The summed E-state index contributed by atoms with van der Waals surface area (Å²) in [7, 11) is 0. The van der Waals surface area contributed by atoms with Gasteiger partial charge in [-0.3, -0.25) is 0 Å². The van der Waals surface area contributed by atoms with Crippen molar-refractivity contribution in [1.82, 2.24) is 0 Å². The Bertz CT molecular complexity index is 472. The second-order valence-corrected chi connectivity index (χ2v) is 4.41. The number of halogens is 1. The molecule has 0 aliphatic carbocycles. The lowest BCUT2D eigenvalue weighted by atomic mass is 9.93. The van der Waals surface area contributed by atoms with Crippen molar-refractivity contribution in [2.24, 2.45) is 0 Å². The quantitative estimate of drug-likeness (QED) is 0.641. The molecule has 0 aliphatic rings.